The summed E-state index contributed by atoms with van der Waals surface area (Å²) in [7, 11) is 2.98. The molecule has 0 aliphatic heterocycles. The fraction of sp³-hybridized carbons (Fsp3) is 0.222. The van der Waals surface area contributed by atoms with Crippen molar-refractivity contribution in [3.05, 3.63) is 57.6 Å². The third kappa shape index (κ3) is 6.23. The van der Waals surface area contributed by atoms with Crippen molar-refractivity contribution >= 4 is 46.8 Å². The standard InChI is InChI=1S/C18H18Cl2N2O4S/c1-25-15-6-4-11(7-16(15)26-2)18(24)22-21-17(23)10-27-9-12-3-5-13(19)8-14(12)20/h3-8H,9-10H2,1-2H3,(H,21,23)(H,22,24). The van der Waals surface area contributed by atoms with E-state index in [0.29, 0.717) is 32.9 Å². The number of ether oxygens (including phenoxy) is 2. The highest BCUT2D eigenvalue weighted by Crippen LogP contribution is 2.27. The maximum absolute atomic E-state index is 12.1. The predicted octanol–water partition coefficient (Wildman–Crippen LogP) is 3.71. The number of halogens is 2. The summed E-state index contributed by atoms with van der Waals surface area (Å²) >= 11 is 13.3. The molecule has 0 bridgehead atoms. The normalized spacial score (nSPS) is 10.2. The Morgan fingerprint density at radius 2 is 1.74 bits per heavy atom. The van der Waals surface area contributed by atoms with E-state index in [2.05, 4.69) is 10.9 Å². The van der Waals surface area contributed by atoms with Crippen LogP contribution in [0.25, 0.3) is 0 Å². The molecule has 0 heterocycles. The average molecular weight is 429 g/mol. The van der Waals surface area contributed by atoms with E-state index in [-0.39, 0.29) is 11.7 Å². The van der Waals surface area contributed by atoms with Gasteiger partial charge in [0.1, 0.15) is 0 Å². The van der Waals surface area contributed by atoms with Gasteiger partial charge in [0.25, 0.3) is 5.91 Å². The van der Waals surface area contributed by atoms with Crippen molar-refractivity contribution in [3.8, 4) is 11.5 Å². The van der Waals surface area contributed by atoms with Crippen molar-refractivity contribution in [1.82, 2.24) is 10.9 Å². The summed E-state index contributed by atoms with van der Waals surface area (Å²) in [4.78, 5) is 24.0. The minimum atomic E-state index is -0.463. The van der Waals surface area contributed by atoms with Crippen LogP contribution in [0.1, 0.15) is 15.9 Å². The molecule has 144 valence electrons. The third-order valence-electron chi connectivity index (χ3n) is 3.47. The number of hydrogen-bond acceptors (Lipinski definition) is 5. The lowest BCUT2D eigenvalue weighted by Gasteiger charge is -2.11. The summed E-state index contributed by atoms with van der Waals surface area (Å²) in [5.41, 5.74) is 5.94. The lowest BCUT2D eigenvalue weighted by atomic mass is 10.2. The second-order valence-corrected chi connectivity index (χ2v) is 7.13. The Labute approximate surface area is 171 Å². The minimum absolute atomic E-state index is 0.158. The van der Waals surface area contributed by atoms with E-state index in [9.17, 15) is 9.59 Å². The summed E-state index contributed by atoms with van der Waals surface area (Å²) in [5, 5.41) is 1.11. The van der Waals surface area contributed by atoms with Crippen molar-refractivity contribution in [2.45, 2.75) is 5.75 Å². The summed E-state index contributed by atoms with van der Waals surface area (Å²) in [6, 6.07) is 9.92. The first-order valence-electron chi connectivity index (χ1n) is 7.77. The molecule has 0 radical (unpaired) electrons. The fourth-order valence-electron chi connectivity index (χ4n) is 2.10. The van der Waals surface area contributed by atoms with E-state index in [0.717, 1.165) is 5.56 Å². The average Bonchev–Trinajstić information content (AvgIpc) is 2.67. The molecule has 0 spiro atoms. The Balaban J connectivity index is 1.80. The molecule has 0 aromatic heterocycles. The zero-order valence-corrected chi connectivity index (χ0v) is 17.0. The summed E-state index contributed by atoms with van der Waals surface area (Å²) in [6.07, 6.45) is 0. The van der Waals surface area contributed by atoms with Crippen molar-refractivity contribution in [2.24, 2.45) is 0 Å². The molecular weight excluding hydrogens is 411 g/mol. The van der Waals surface area contributed by atoms with Crippen LogP contribution in [0.3, 0.4) is 0 Å². The minimum Gasteiger partial charge on any atom is -0.493 e. The molecule has 27 heavy (non-hydrogen) atoms. The second kappa shape index (κ2) is 10.3. The Bertz CT molecular complexity index is 833. The summed E-state index contributed by atoms with van der Waals surface area (Å²) in [5.74, 6) is 0.842. The van der Waals surface area contributed by atoms with E-state index in [1.165, 1.54) is 32.0 Å². The Morgan fingerprint density at radius 3 is 2.41 bits per heavy atom. The number of amides is 2. The van der Waals surface area contributed by atoms with E-state index in [4.69, 9.17) is 32.7 Å². The Morgan fingerprint density at radius 1 is 1.00 bits per heavy atom. The van der Waals surface area contributed by atoms with E-state index in [1.807, 2.05) is 6.07 Å². The van der Waals surface area contributed by atoms with Crippen LogP contribution in [0.2, 0.25) is 10.0 Å². The maximum Gasteiger partial charge on any atom is 0.269 e. The molecule has 2 aromatic carbocycles. The predicted molar refractivity (Wildman–Crippen MR) is 108 cm³/mol. The summed E-state index contributed by atoms with van der Waals surface area (Å²) in [6.45, 7) is 0. The zero-order chi connectivity index (χ0) is 19.8. The molecule has 2 N–H and O–H groups in total. The lowest BCUT2D eigenvalue weighted by molar-refractivity contribution is -0.119. The van der Waals surface area contributed by atoms with Gasteiger partial charge in [-0.1, -0.05) is 29.3 Å². The Kier molecular flexibility index (Phi) is 8.09. The van der Waals surface area contributed by atoms with Gasteiger partial charge >= 0.3 is 0 Å². The van der Waals surface area contributed by atoms with Gasteiger partial charge in [-0.05, 0) is 35.9 Å². The maximum atomic E-state index is 12.1. The molecule has 2 amide bonds. The van der Waals surface area contributed by atoms with Crippen LogP contribution < -0.4 is 20.3 Å². The number of hydrogen-bond donors (Lipinski definition) is 2. The fourth-order valence-corrected chi connectivity index (χ4v) is 3.49. The molecule has 0 fully saturated rings. The van der Waals surface area contributed by atoms with Crippen LogP contribution >= 0.6 is 35.0 Å². The van der Waals surface area contributed by atoms with Crippen LogP contribution in [-0.2, 0) is 10.5 Å². The van der Waals surface area contributed by atoms with Gasteiger partial charge in [0.2, 0.25) is 5.91 Å². The number of hydrazine groups is 1. The quantitative estimate of drug-likeness (QED) is 0.657. The first-order chi connectivity index (χ1) is 12.9. The molecule has 0 aliphatic carbocycles. The topological polar surface area (TPSA) is 76.7 Å². The number of nitrogens with one attached hydrogen (secondary N) is 2. The van der Waals surface area contributed by atoms with Crippen LogP contribution in [-0.4, -0.2) is 31.8 Å². The van der Waals surface area contributed by atoms with Gasteiger partial charge in [0.05, 0.1) is 20.0 Å². The largest absolute Gasteiger partial charge is 0.493 e. The van der Waals surface area contributed by atoms with E-state index in [1.54, 1.807) is 24.3 Å². The number of thioether (sulfide) groups is 1. The number of carbonyl (C=O) groups excluding carboxylic acids is 2. The SMILES string of the molecule is COc1ccc(C(=O)NNC(=O)CSCc2ccc(Cl)cc2Cl)cc1OC. The number of benzene rings is 2. The van der Waals surface area contributed by atoms with Gasteiger partial charge in [-0.2, -0.15) is 0 Å². The molecule has 6 nitrogen and oxygen atoms in total. The van der Waals surface area contributed by atoms with Gasteiger partial charge in [-0.15, -0.1) is 11.8 Å². The Hall–Kier alpha value is -2.09. The van der Waals surface area contributed by atoms with Gasteiger partial charge in [0.15, 0.2) is 11.5 Å². The van der Waals surface area contributed by atoms with E-state index >= 15 is 0 Å². The molecule has 0 atom stereocenters. The molecule has 0 aliphatic rings. The monoisotopic (exact) mass is 428 g/mol. The third-order valence-corrected chi connectivity index (χ3v) is 5.04. The highest BCUT2D eigenvalue weighted by Gasteiger charge is 2.12. The van der Waals surface area contributed by atoms with Gasteiger partial charge in [-0.3, -0.25) is 20.4 Å². The molecule has 0 unspecified atom stereocenters. The van der Waals surface area contributed by atoms with Gasteiger partial charge in [-0.25, -0.2) is 0 Å². The van der Waals surface area contributed by atoms with Crippen molar-refractivity contribution < 1.29 is 19.1 Å². The van der Waals surface area contributed by atoms with Crippen molar-refractivity contribution in [2.75, 3.05) is 20.0 Å². The van der Waals surface area contributed by atoms with Gasteiger partial charge < -0.3 is 9.47 Å². The first kappa shape index (κ1) is 21.2. The van der Waals surface area contributed by atoms with Crippen LogP contribution in [0.4, 0.5) is 0 Å². The number of rotatable bonds is 7. The zero-order valence-electron chi connectivity index (χ0n) is 14.7. The number of methoxy groups -OCH3 is 2. The summed E-state index contributed by atoms with van der Waals surface area (Å²) < 4.78 is 10.3. The second-order valence-electron chi connectivity index (χ2n) is 5.30. The highest BCUT2D eigenvalue weighted by molar-refractivity contribution is 7.99. The van der Waals surface area contributed by atoms with Crippen LogP contribution in [0.5, 0.6) is 11.5 Å². The van der Waals surface area contributed by atoms with Crippen molar-refractivity contribution in [3.63, 3.8) is 0 Å². The smallest absolute Gasteiger partial charge is 0.269 e. The molecular formula is C18H18Cl2N2O4S. The molecule has 9 heteroatoms. The van der Waals surface area contributed by atoms with Gasteiger partial charge in [0, 0.05) is 21.4 Å². The van der Waals surface area contributed by atoms with Crippen LogP contribution in [0.15, 0.2) is 36.4 Å². The molecule has 0 saturated heterocycles. The number of carbonyl (C=O) groups is 2. The molecule has 2 rings (SSSR count). The highest BCUT2D eigenvalue weighted by atomic mass is 35.5. The van der Waals surface area contributed by atoms with E-state index < -0.39 is 5.91 Å². The molecule has 2 aromatic rings. The molecule has 0 saturated carbocycles. The lowest BCUT2D eigenvalue weighted by Crippen LogP contribution is -2.42. The van der Waals surface area contributed by atoms with Crippen LogP contribution in [0, 0.1) is 0 Å². The first-order valence-corrected chi connectivity index (χ1v) is 9.68. The van der Waals surface area contributed by atoms with Crippen molar-refractivity contribution in [1.29, 1.82) is 0 Å².